The number of nitrogens with one attached hydrogen (secondary N) is 1. The molecule has 1 aliphatic rings. The summed E-state index contributed by atoms with van der Waals surface area (Å²) in [4.78, 5) is 27.5. The summed E-state index contributed by atoms with van der Waals surface area (Å²) in [5.74, 6) is 1.03. The zero-order chi connectivity index (χ0) is 19.5. The normalized spacial score (nSPS) is 16.1. The predicted octanol–water partition coefficient (Wildman–Crippen LogP) is 1.91. The molecule has 2 aromatic carbocycles. The summed E-state index contributed by atoms with van der Waals surface area (Å²) < 4.78 is 1.89. The maximum Gasteiger partial charge on any atom is 0.248 e. The van der Waals surface area contributed by atoms with Crippen molar-refractivity contribution in [3.63, 3.8) is 0 Å². The summed E-state index contributed by atoms with van der Waals surface area (Å²) in [5, 5.41) is 7.68. The number of rotatable bonds is 6. The second-order valence-electron chi connectivity index (χ2n) is 6.94. The van der Waals surface area contributed by atoms with Gasteiger partial charge in [0.15, 0.2) is 5.82 Å². The van der Waals surface area contributed by atoms with E-state index in [0.717, 1.165) is 23.4 Å². The lowest BCUT2D eigenvalue weighted by Crippen LogP contribution is -2.28. The highest BCUT2D eigenvalue weighted by molar-refractivity contribution is 5.93. The summed E-state index contributed by atoms with van der Waals surface area (Å²) in [5.41, 5.74) is 7.69. The first-order valence-corrected chi connectivity index (χ1v) is 9.26. The zero-order valence-corrected chi connectivity index (χ0v) is 15.3. The maximum atomic E-state index is 11.5. The Morgan fingerprint density at radius 1 is 1.14 bits per heavy atom. The number of primary amides is 1. The van der Waals surface area contributed by atoms with Crippen molar-refractivity contribution in [1.82, 2.24) is 20.1 Å². The molecule has 4 rings (SSSR count). The van der Waals surface area contributed by atoms with Crippen LogP contribution in [-0.2, 0) is 17.8 Å². The third-order valence-corrected chi connectivity index (χ3v) is 4.87. The number of benzene rings is 2. The van der Waals surface area contributed by atoms with E-state index in [1.807, 2.05) is 35.0 Å². The minimum Gasteiger partial charge on any atom is -0.366 e. The maximum absolute atomic E-state index is 11.5. The van der Waals surface area contributed by atoms with Crippen molar-refractivity contribution in [1.29, 1.82) is 0 Å². The van der Waals surface area contributed by atoms with E-state index in [9.17, 15) is 9.59 Å². The lowest BCUT2D eigenvalue weighted by atomic mass is 10.1. The van der Waals surface area contributed by atoms with Crippen molar-refractivity contribution in [3.05, 3.63) is 71.5 Å². The number of amides is 2. The summed E-state index contributed by atoms with van der Waals surface area (Å²) in [6.07, 6.45) is 1.99. The number of carbonyl (C=O) groups excluding carboxylic acids is 2. The standard InChI is InChI=1S/C21H21N5O2/c22-20(28)15-6-8-16(9-7-15)21-24-18(12-17-10-11-19(27)23-17)26(25-21)13-14-4-2-1-3-5-14/h1-9,17H,10-13H2,(H2,22,28)(H,23,27)/t17-/m1/s1. The number of nitrogens with two attached hydrogens (primary N) is 1. The van der Waals surface area contributed by atoms with Crippen LogP contribution in [0.1, 0.15) is 34.6 Å². The van der Waals surface area contributed by atoms with Gasteiger partial charge in [0.1, 0.15) is 5.82 Å². The monoisotopic (exact) mass is 375 g/mol. The molecule has 0 spiro atoms. The SMILES string of the molecule is NC(=O)c1ccc(-c2nc(C[C@H]3CCC(=O)N3)n(Cc3ccccc3)n2)cc1. The molecule has 7 heteroatoms. The van der Waals surface area contributed by atoms with E-state index in [-0.39, 0.29) is 11.9 Å². The van der Waals surface area contributed by atoms with Gasteiger partial charge in [0.05, 0.1) is 6.54 Å². The summed E-state index contributed by atoms with van der Waals surface area (Å²) in [6, 6.07) is 17.1. The van der Waals surface area contributed by atoms with Crippen LogP contribution >= 0.6 is 0 Å². The van der Waals surface area contributed by atoms with Gasteiger partial charge in [-0.05, 0) is 24.1 Å². The van der Waals surface area contributed by atoms with E-state index in [2.05, 4.69) is 10.4 Å². The van der Waals surface area contributed by atoms with Gasteiger partial charge in [0.25, 0.3) is 0 Å². The molecular formula is C21H21N5O2. The van der Waals surface area contributed by atoms with Gasteiger partial charge in [-0.1, -0.05) is 42.5 Å². The molecule has 1 saturated heterocycles. The van der Waals surface area contributed by atoms with E-state index in [0.29, 0.717) is 30.8 Å². The van der Waals surface area contributed by atoms with Crippen LogP contribution in [0.2, 0.25) is 0 Å². The molecule has 3 N–H and O–H groups in total. The lowest BCUT2D eigenvalue weighted by molar-refractivity contribution is -0.119. The lowest BCUT2D eigenvalue weighted by Gasteiger charge is -2.10. The molecule has 7 nitrogen and oxygen atoms in total. The second kappa shape index (κ2) is 7.64. The largest absolute Gasteiger partial charge is 0.366 e. The average Bonchev–Trinajstić information content (AvgIpc) is 3.29. The van der Waals surface area contributed by atoms with Gasteiger partial charge in [-0.3, -0.25) is 9.59 Å². The van der Waals surface area contributed by atoms with Crippen molar-refractivity contribution in [2.45, 2.75) is 31.8 Å². The molecule has 1 fully saturated rings. The average molecular weight is 375 g/mol. The summed E-state index contributed by atoms with van der Waals surface area (Å²) >= 11 is 0. The Morgan fingerprint density at radius 2 is 1.89 bits per heavy atom. The van der Waals surface area contributed by atoms with Crippen molar-refractivity contribution < 1.29 is 9.59 Å². The third-order valence-electron chi connectivity index (χ3n) is 4.87. The third kappa shape index (κ3) is 3.93. The van der Waals surface area contributed by atoms with Crippen molar-refractivity contribution in [2.75, 3.05) is 0 Å². The van der Waals surface area contributed by atoms with Gasteiger partial charge < -0.3 is 11.1 Å². The molecule has 0 aliphatic carbocycles. The first kappa shape index (κ1) is 17.9. The van der Waals surface area contributed by atoms with Crippen LogP contribution in [0.5, 0.6) is 0 Å². The minimum absolute atomic E-state index is 0.0799. The van der Waals surface area contributed by atoms with Crippen LogP contribution in [0.3, 0.4) is 0 Å². The molecule has 142 valence electrons. The Kier molecular flexibility index (Phi) is 4.89. The smallest absolute Gasteiger partial charge is 0.248 e. The van der Waals surface area contributed by atoms with Gasteiger partial charge in [-0.25, -0.2) is 9.67 Å². The van der Waals surface area contributed by atoms with E-state index in [1.165, 1.54) is 0 Å². The number of nitrogens with zero attached hydrogens (tertiary/aromatic N) is 3. The van der Waals surface area contributed by atoms with Crippen LogP contribution in [0.25, 0.3) is 11.4 Å². The number of carbonyl (C=O) groups is 2. The van der Waals surface area contributed by atoms with E-state index in [4.69, 9.17) is 10.7 Å². The Balaban J connectivity index is 1.64. The van der Waals surface area contributed by atoms with E-state index < -0.39 is 5.91 Å². The van der Waals surface area contributed by atoms with E-state index in [1.54, 1.807) is 24.3 Å². The molecule has 2 heterocycles. The minimum atomic E-state index is -0.466. The van der Waals surface area contributed by atoms with Crippen molar-refractivity contribution in [3.8, 4) is 11.4 Å². The number of hydrogen-bond donors (Lipinski definition) is 2. The van der Waals surface area contributed by atoms with Crippen LogP contribution in [0.4, 0.5) is 0 Å². The summed E-state index contributed by atoms with van der Waals surface area (Å²) in [6.45, 7) is 0.600. The first-order valence-electron chi connectivity index (χ1n) is 9.26. The molecule has 1 aromatic heterocycles. The molecular weight excluding hydrogens is 354 g/mol. The molecule has 0 unspecified atom stereocenters. The number of hydrogen-bond acceptors (Lipinski definition) is 4. The van der Waals surface area contributed by atoms with Crippen LogP contribution < -0.4 is 11.1 Å². The Labute approximate surface area is 162 Å². The van der Waals surface area contributed by atoms with Gasteiger partial charge in [0, 0.05) is 30.0 Å². The Hall–Kier alpha value is -3.48. The highest BCUT2D eigenvalue weighted by Gasteiger charge is 2.24. The van der Waals surface area contributed by atoms with Gasteiger partial charge in [-0.15, -0.1) is 0 Å². The van der Waals surface area contributed by atoms with Gasteiger partial charge in [-0.2, -0.15) is 5.10 Å². The second-order valence-corrected chi connectivity index (χ2v) is 6.94. The molecule has 1 aliphatic heterocycles. The van der Waals surface area contributed by atoms with Crippen molar-refractivity contribution in [2.24, 2.45) is 5.73 Å². The van der Waals surface area contributed by atoms with Gasteiger partial charge >= 0.3 is 0 Å². The molecule has 0 saturated carbocycles. The fourth-order valence-electron chi connectivity index (χ4n) is 3.37. The molecule has 0 bridgehead atoms. The fourth-order valence-corrected chi connectivity index (χ4v) is 3.37. The van der Waals surface area contributed by atoms with E-state index >= 15 is 0 Å². The fraction of sp³-hybridized carbons (Fsp3) is 0.238. The highest BCUT2D eigenvalue weighted by Crippen LogP contribution is 2.20. The Morgan fingerprint density at radius 3 is 2.54 bits per heavy atom. The molecule has 3 aromatic rings. The molecule has 0 radical (unpaired) electrons. The summed E-state index contributed by atoms with van der Waals surface area (Å²) in [7, 11) is 0. The number of aromatic nitrogens is 3. The quantitative estimate of drug-likeness (QED) is 0.687. The topological polar surface area (TPSA) is 103 Å². The first-order chi connectivity index (χ1) is 13.6. The highest BCUT2D eigenvalue weighted by atomic mass is 16.2. The van der Waals surface area contributed by atoms with Crippen LogP contribution in [-0.4, -0.2) is 32.6 Å². The molecule has 1 atom stereocenters. The molecule has 2 amide bonds. The van der Waals surface area contributed by atoms with Gasteiger partial charge in [0.2, 0.25) is 11.8 Å². The van der Waals surface area contributed by atoms with Crippen molar-refractivity contribution >= 4 is 11.8 Å². The van der Waals surface area contributed by atoms with Crippen LogP contribution in [0.15, 0.2) is 54.6 Å². The zero-order valence-electron chi connectivity index (χ0n) is 15.3. The predicted molar refractivity (Wildman–Crippen MR) is 104 cm³/mol. The van der Waals surface area contributed by atoms with Crippen LogP contribution in [0, 0.1) is 0 Å². The molecule has 28 heavy (non-hydrogen) atoms. The Bertz CT molecular complexity index is 995.